The molecule has 23 heavy (non-hydrogen) atoms. The minimum Gasteiger partial charge on any atom is -0.378 e. The third-order valence-corrected chi connectivity index (χ3v) is 3.88. The van der Waals surface area contributed by atoms with Crippen molar-refractivity contribution in [1.29, 1.82) is 0 Å². The maximum Gasteiger partial charge on any atom is 0.276 e. The number of aromatic nitrogens is 3. The molecule has 0 unspecified atom stereocenters. The molecule has 1 N–H and O–H groups in total. The molecule has 5 nitrogen and oxygen atoms in total. The Labute approximate surface area is 135 Å². The topological polar surface area (TPSA) is 53.9 Å². The molecule has 5 heteroatoms. The van der Waals surface area contributed by atoms with Crippen LogP contribution in [0.25, 0.3) is 5.82 Å². The first-order chi connectivity index (χ1) is 11.1. The van der Waals surface area contributed by atoms with Crippen molar-refractivity contribution < 1.29 is 0 Å². The maximum atomic E-state index is 12.7. The fourth-order valence-corrected chi connectivity index (χ4v) is 2.59. The first-order valence-corrected chi connectivity index (χ1v) is 7.54. The largest absolute Gasteiger partial charge is 0.378 e. The van der Waals surface area contributed by atoms with Gasteiger partial charge in [-0.05, 0) is 36.8 Å². The van der Waals surface area contributed by atoms with Gasteiger partial charge in [0.2, 0.25) is 0 Å². The van der Waals surface area contributed by atoms with Crippen LogP contribution in [0.4, 0.5) is 5.69 Å². The lowest BCUT2D eigenvalue weighted by molar-refractivity contribution is 0.806. The second-order valence-electron chi connectivity index (χ2n) is 5.78. The zero-order chi connectivity index (χ0) is 16.4. The van der Waals surface area contributed by atoms with Crippen LogP contribution in [0.1, 0.15) is 16.8 Å². The number of nitrogens with zero attached hydrogens (tertiary/aromatic N) is 3. The highest BCUT2D eigenvalue weighted by molar-refractivity contribution is 5.48. The molecule has 0 bridgehead atoms. The highest BCUT2D eigenvalue weighted by Crippen LogP contribution is 2.17. The van der Waals surface area contributed by atoms with Crippen LogP contribution in [0.15, 0.2) is 53.5 Å². The van der Waals surface area contributed by atoms with Crippen LogP contribution < -0.4 is 10.5 Å². The van der Waals surface area contributed by atoms with E-state index in [0.717, 1.165) is 22.5 Å². The lowest BCUT2D eigenvalue weighted by Gasteiger charge is -2.13. The molecule has 3 aromatic rings. The first kappa shape index (κ1) is 15.1. The summed E-state index contributed by atoms with van der Waals surface area (Å²) in [6.45, 7) is 1.92. The summed E-state index contributed by atoms with van der Waals surface area (Å²) in [4.78, 5) is 19.0. The van der Waals surface area contributed by atoms with E-state index in [1.807, 2.05) is 51.4 Å². The Bertz CT molecular complexity index is 862. The van der Waals surface area contributed by atoms with Gasteiger partial charge in [-0.15, -0.1) is 0 Å². The number of nitrogens with one attached hydrogen (secondary N) is 1. The van der Waals surface area contributed by atoms with E-state index in [2.05, 4.69) is 27.1 Å². The highest BCUT2D eigenvalue weighted by Gasteiger charge is 2.13. The zero-order valence-corrected chi connectivity index (χ0v) is 13.6. The summed E-state index contributed by atoms with van der Waals surface area (Å²) in [5.74, 6) is 0.605. The van der Waals surface area contributed by atoms with Gasteiger partial charge in [0.1, 0.15) is 0 Å². The summed E-state index contributed by atoms with van der Waals surface area (Å²) < 4.78 is 1.50. The molecule has 0 radical (unpaired) electrons. The number of aryl methyl sites for hydroxylation is 1. The molecule has 0 aliphatic rings. The smallest absolute Gasteiger partial charge is 0.276 e. The van der Waals surface area contributed by atoms with Gasteiger partial charge in [0.05, 0.1) is 0 Å². The number of hydrogen-bond acceptors (Lipinski definition) is 3. The molecular formula is C18H20N4O. The minimum absolute atomic E-state index is 0.0449. The summed E-state index contributed by atoms with van der Waals surface area (Å²) in [5.41, 5.74) is 3.84. The Morgan fingerprint density at radius 3 is 2.70 bits per heavy atom. The summed E-state index contributed by atoms with van der Waals surface area (Å²) in [6.07, 6.45) is 2.28. The third kappa shape index (κ3) is 3.04. The van der Waals surface area contributed by atoms with Crippen LogP contribution >= 0.6 is 0 Å². The number of hydrogen-bond donors (Lipinski definition) is 1. The molecule has 0 saturated heterocycles. The molecule has 0 saturated carbocycles. The van der Waals surface area contributed by atoms with E-state index >= 15 is 0 Å². The summed E-state index contributed by atoms with van der Waals surface area (Å²) in [7, 11) is 4.02. The maximum absolute atomic E-state index is 12.7. The summed E-state index contributed by atoms with van der Waals surface area (Å²) >= 11 is 0. The van der Waals surface area contributed by atoms with Crippen molar-refractivity contribution >= 4 is 5.69 Å². The predicted molar refractivity (Wildman–Crippen MR) is 92.5 cm³/mol. The number of pyridine rings is 1. The Balaban J connectivity index is 1.97. The molecule has 0 aliphatic heterocycles. The van der Waals surface area contributed by atoms with Crippen molar-refractivity contribution in [1.82, 2.24) is 14.8 Å². The standard InChI is InChI=1S/C18H20N4O/c1-13-16(12-14-7-6-8-15(11-14)21(2)3)18(23)22(20-13)17-9-4-5-10-19-17/h4-11,20H,12H2,1-3H3. The van der Waals surface area contributed by atoms with E-state index in [4.69, 9.17) is 0 Å². The molecule has 1 aromatic carbocycles. The van der Waals surface area contributed by atoms with Crippen LogP contribution in [0.2, 0.25) is 0 Å². The average molecular weight is 308 g/mol. The van der Waals surface area contributed by atoms with Crippen LogP contribution in [0.3, 0.4) is 0 Å². The molecule has 0 amide bonds. The van der Waals surface area contributed by atoms with E-state index in [1.54, 1.807) is 6.20 Å². The van der Waals surface area contributed by atoms with Gasteiger partial charge in [-0.2, -0.15) is 0 Å². The quantitative estimate of drug-likeness (QED) is 0.806. The normalized spacial score (nSPS) is 10.7. The second kappa shape index (κ2) is 6.12. The van der Waals surface area contributed by atoms with Gasteiger partial charge in [-0.25, -0.2) is 9.67 Å². The Hall–Kier alpha value is -2.82. The number of aromatic amines is 1. The molecule has 3 rings (SSSR count). The van der Waals surface area contributed by atoms with E-state index in [1.165, 1.54) is 4.68 Å². The fourth-order valence-electron chi connectivity index (χ4n) is 2.59. The van der Waals surface area contributed by atoms with Gasteiger partial charge in [-0.1, -0.05) is 18.2 Å². The van der Waals surface area contributed by atoms with Crippen LogP contribution in [0.5, 0.6) is 0 Å². The molecular weight excluding hydrogens is 288 g/mol. The second-order valence-corrected chi connectivity index (χ2v) is 5.78. The van der Waals surface area contributed by atoms with Crippen molar-refractivity contribution in [2.75, 3.05) is 19.0 Å². The van der Waals surface area contributed by atoms with E-state index in [9.17, 15) is 4.79 Å². The van der Waals surface area contributed by atoms with Crippen molar-refractivity contribution in [2.45, 2.75) is 13.3 Å². The number of H-pyrrole nitrogens is 1. The Morgan fingerprint density at radius 2 is 2.00 bits per heavy atom. The molecule has 0 fully saturated rings. The zero-order valence-electron chi connectivity index (χ0n) is 13.6. The van der Waals surface area contributed by atoms with Crippen molar-refractivity contribution in [3.63, 3.8) is 0 Å². The summed E-state index contributed by atoms with van der Waals surface area (Å²) in [5, 5.41) is 3.12. The van der Waals surface area contributed by atoms with Crippen LogP contribution in [-0.2, 0) is 6.42 Å². The van der Waals surface area contributed by atoms with Gasteiger partial charge < -0.3 is 4.90 Å². The van der Waals surface area contributed by atoms with Crippen molar-refractivity contribution in [3.8, 4) is 5.82 Å². The van der Waals surface area contributed by atoms with Gasteiger partial charge in [0.25, 0.3) is 5.56 Å². The number of anilines is 1. The molecule has 0 spiro atoms. The van der Waals surface area contributed by atoms with Crippen molar-refractivity contribution in [2.24, 2.45) is 0 Å². The Morgan fingerprint density at radius 1 is 1.17 bits per heavy atom. The Kier molecular flexibility index (Phi) is 4.02. The van der Waals surface area contributed by atoms with E-state index in [-0.39, 0.29) is 5.56 Å². The average Bonchev–Trinajstić information content (AvgIpc) is 2.84. The lowest BCUT2D eigenvalue weighted by Crippen LogP contribution is -2.18. The van der Waals surface area contributed by atoms with Gasteiger partial charge in [0, 0.05) is 43.7 Å². The number of rotatable bonds is 4. The minimum atomic E-state index is -0.0449. The lowest BCUT2D eigenvalue weighted by atomic mass is 10.0. The van der Waals surface area contributed by atoms with Gasteiger partial charge >= 0.3 is 0 Å². The molecule has 2 heterocycles. The third-order valence-electron chi connectivity index (χ3n) is 3.88. The van der Waals surface area contributed by atoms with Gasteiger partial charge in [-0.3, -0.25) is 9.89 Å². The molecule has 0 atom stereocenters. The molecule has 0 aliphatic carbocycles. The fraction of sp³-hybridized carbons (Fsp3) is 0.222. The van der Waals surface area contributed by atoms with Gasteiger partial charge in [0.15, 0.2) is 5.82 Å². The molecule has 118 valence electrons. The van der Waals surface area contributed by atoms with Crippen LogP contribution in [0, 0.1) is 6.92 Å². The SMILES string of the molecule is Cc1[nH]n(-c2ccccn2)c(=O)c1Cc1cccc(N(C)C)c1. The monoisotopic (exact) mass is 308 g/mol. The highest BCUT2D eigenvalue weighted by atomic mass is 16.1. The van der Waals surface area contributed by atoms with Crippen molar-refractivity contribution in [3.05, 3.63) is 75.8 Å². The van der Waals surface area contributed by atoms with E-state index in [0.29, 0.717) is 12.2 Å². The molecule has 2 aromatic heterocycles. The predicted octanol–water partition coefficient (Wildman–Crippen LogP) is 2.53. The first-order valence-electron chi connectivity index (χ1n) is 7.54. The summed E-state index contributed by atoms with van der Waals surface area (Å²) in [6, 6.07) is 13.7. The number of benzene rings is 1. The van der Waals surface area contributed by atoms with E-state index < -0.39 is 0 Å². The van der Waals surface area contributed by atoms with Crippen LogP contribution in [-0.4, -0.2) is 28.9 Å².